The van der Waals surface area contributed by atoms with Crippen molar-refractivity contribution in [3.8, 4) is 0 Å². The summed E-state index contributed by atoms with van der Waals surface area (Å²) < 4.78 is 12.0. The van der Waals surface area contributed by atoms with Gasteiger partial charge in [-0.2, -0.15) is 0 Å². The normalized spacial score (nSPS) is 44.1. The molecule has 0 aliphatic heterocycles. The Morgan fingerprint density at radius 2 is 1.86 bits per heavy atom. The second-order valence-electron chi connectivity index (χ2n) is 11.7. The number of rotatable bonds is 5. The minimum Gasteiger partial charge on any atom is -0.458 e. The fourth-order valence-electron chi connectivity index (χ4n) is 7.44. The van der Waals surface area contributed by atoms with Crippen molar-refractivity contribution in [1.29, 1.82) is 0 Å². The Balaban J connectivity index is 1.94. The zero-order valence-corrected chi connectivity index (χ0v) is 21.6. The van der Waals surface area contributed by atoms with Gasteiger partial charge in [0.1, 0.15) is 11.7 Å². The molecule has 4 rings (SSSR count). The number of fused-ring (bicyclic) bond motifs is 5. The molecular weight excluding hydrogens is 452 g/mol. The minimum atomic E-state index is -1.93. The van der Waals surface area contributed by atoms with Crippen LogP contribution in [-0.2, 0) is 23.9 Å². The zero-order valence-electron chi connectivity index (χ0n) is 21.6. The highest BCUT2D eigenvalue weighted by atomic mass is 16.6. The van der Waals surface area contributed by atoms with Crippen LogP contribution in [0.4, 0.5) is 0 Å². The Morgan fingerprint density at radius 1 is 1.23 bits per heavy atom. The first-order valence-electron chi connectivity index (χ1n) is 12.5. The number of Topliss-reactive ketones (excluding diaryl/α,β-unsaturated/α-hetero) is 1. The third kappa shape index (κ3) is 3.18. The lowest BCUT2D eigenvalue weighted by molar-refractivity contribution is -0.229. The van der Waals surface area contributed by atoms with Gasteiger partial charge in [0.25, 0.3) is 0 Å². The lowest BCUT2D eigenvalue weighted by atomic mass is 9.59. The van der Waals surface area contributed by atoms with Crippen LogP contribution in [0.3, 0.4) is 0 Å². The number of carbonyl (C=O) groups excluding carboxylic acids is 3. The van der Waals surface area contributed by atoms with Crippen molar-refractivity contribution < 1.29 is 39.2 Å². The molecule has 0 bridgehead atoms. The van der Waals surface area contributed by atoms with E-state index in [-0.39, 0.29) is 18.9 Å². The standard InChI is InChI=1S/C27H38O8/c1-8-13(2)23(31)35-27-20(24(27,6)7)18-10-17(12-28)11-25(32)19(9-14(3)21(25)30)26(18,33)15(4)22(27)34-16(5)29/h9-10,13,15,18-20,22,28,32-33H,8,11-12H2,1-7H3/t13-,15+,18-,19-,20+,22-,25-,26-,27+/m0/s1. The molecule has 8 nitrogen and oxygen atoms in total. The van der Waals surface area contributed by atoms with Crippen LogP contribution in [0.25, 0.3) is 0 Å². The minimum absolute atomic E-state index is 0.114. The van der Waals surface area contributed by atoms with E-state index in [4.69, 9.17) is 9.47 Å². The summed E-state index contributed by atoms with van der Waals surface area (Å²) in [6.45, 7) is 11.7. The quantitative estimate of drug-likeness (QED) is 0.395. The van der Waals surface area contributed by atoms with E-state index >= 15 is 0 Å². The fourth-order valence-corrected chi connectivity index (χ4v) is 7.44. The van der Waals surface area contributed by atoms with Gasteiger partial charge in [0.15, 0.2) is 11.4 Å². The van der Waals surface area contributed by atoms with E-state index in [0.717, 1.165) is 0 Å². The van der Waals surface area contributed by atoms with Gasteiger partial charge in [0, 0.05) is 42.4 Å². The molecule has 0 radical (unpaired) electrons. The summed E-state index contributed by atoms with van der Waals surface area (Å²) in [6, 6.07) is 0. The smallest absolute Gasteiger partial charge is 0.309 e. The van der Waals surface area contributed by atoms with Gasteiger partial charge in [0.05, 0.1) is 18.1 Å². The Hall–Kier alpha value is -2.03. The first kappa shape index (κ1) is 26.0. The first-order valence-corrected chi connectivity index (χ1v) is 12.5. The molecule has 0 spiro atoms. The molecule has 0 aromatic rings. The number of ketones is 1. The van der Waals surface area contributed by atoms with E-state index in [0.29, 0.717) is 17.6 Å². The first-order chi connectivity index (χ1) is 16.1. The van der Waals surface area contributed by atoms with Crippen LogP contribution < -0.4 is 0 Å². The van der Waals surface area contributed by atoms with Gasteiger partial charge in [-0.05, 0) is 24.5 Å². The second kappa shape index (κ2) is 7.98. The second-order valence-corrected chi connectivity index (χ2v) is 11.7. The summed E-state index contributed by atoms with van der Waals surface area (Å²) in [6.07, 6.45) is 2.83. The summed E-state index contributed by atoms with van der Waals surface area (Å²) in [5, 5.41) is 34.3. The Labute approximate surface area is 206 Å². The molecule has 2 saturated carbocycles. The van der Waals surface area contributed by atoms with E-state index in [2.05, 4.69) is 0 Å². The summed E-state index contributed by atoms with van der Waals surface area (Å²) in [5.41, 5.74) is -4.74. The number of aliphatic hydroxyl groups excluding tert-OH is 1. The molecule has 8 heteroatoms. The molecule has 0 aromatic carbocycles. The molecule has 35 heavy (non-hydrogen) atoms. The van der Waals surface area contributed by atoms with Gasteiger partial charge in [-0.3, -0.25) is 14.4 Å². The van der Waals surface area contributed by atoms with Crippen LogP contribution >= 0.6 is 0 Å². The van der Waals surface area contributed by atoms with Crippen molar-refractivity contribution in [3.05, 3.63) is 23.3 Å². The van der Waals surface area contributed by atoms with E-state index in [1.807, 2.05) is 20.8 Å². The zero-order chi connectivity index (χ0) is 26.3. The molecule has 0 aromatic heterocycles. The molecule has 0 saturated heterocycles. The molecule has 0 amide bonds. The molecule has 4 aliphatic rings. The van der Waals surface area contributed by atoms with E-state index in [1.165, 1.54) is 6.92 Å². The maximum atomic E-state index is 13.1. The number of hydrogen-bond donors (Lipinski definition) is 3. The summed E-state index contributed by atoms with van der Waals surface area (Å²) in [7, 11) is 0. The van der Waals surface area contributed by atoms with Crippen LogP contribution in [-0.4, -0.2) is 62.6 Å². The molecule has 194 valence electrons. The Kier molecular flexibility index (Phi) is 5.94. The summed E-state index contributed by atoms with van der Waals surface area (Å²) in [5.74, 6) is -4.75. The van der Waals surface area contributed by atoms with Gasteiger partial charge < -0.3 is 24.8 Å². The van der Waals surface area contributed by atoms with E-state index in [9.17, 15) is 29.7 Å². The molecule has 3 N–H and O–H groups in total. The third-order valence-electron chi connectivity index (χ3n) is 9.54. The maximum Gasteiger partial charge on any atom is 0.309 e. The lowest BCUT2D eigenvalue weighted by Gasteiger charge is -2.53. The van der Waals surface area contributed by atoms with Crippen molar-refractivity contribution in [2.45, 2.75) is 84.2 Å². The van der Waals surface area contributed by atoms with Gasteiger partial charge in [-0.25, -0.2) is 0 Å². The Bertz CT molecular complexity index is 1030. The monoisotopic (exact) mass is 490 g/mol. The molecule has 4 aliphatic carbocycles. The molecule has 2 fully saturated rings. The largest absolute Gasteiger partial charge is 0.458 e. The van der Waals surface area contributed by atoms with Crippen molar-refractivity contribution >= 4 is 17.7 Å². The lowest BCUT2D eigenvalue weighted by Crippen LogP contribution is -2.66. The van der Waals surface area contributed by atoms with Gasteiger partial charge >= 0.3 is 11.9 Å². The van der Waals surface area contributed by atoms with Crippen LogP contribution in [0.2, 0.25) is 0 Å². The van der Waals surface area contributed by atoms with E-state index in [1.54, 1.807) is 32.9 Å². The van der Waals surface area contributed by atoms with Crippen molar-refractivity contribution in [3.63, 3.8) is 0 Å². The van der Waals surface area contributed by atoms with Crippen LogP contribution in [0.15, 0.2) is 23.3 Å². The topological polar surface area (TPSA) is 130 Å². The van der Waals surface area contributed by atoms with Crippen molar-refractivity contribution in [1.82, 2.24) is 0 Å². The predicted octanol–water partition coefficient (Wildman–Crippen LogP) is 2.10. The summed E-state index contributed by atoms with van der Waals surface area (Å²) in [4.78, 5) is 38.4. The summed E-state index contributed by atoms with van der Waals surface area (Å²) >= 11 is 0. The highest BCUT2D eigenvalue weighted by Gasteiger charge is 2.88. The van der Waals surface area contributed by atoms with Gasteiger partial charge in [-0.1, -0.05) is 46.8 Å². The van der Waals surface area contributed by atoms with E-state index < -0.39 is 69.7 Å². The predicted molar refractivity (Wildman–Crippen MR) is 126 cm³/mol. The number of carbonyl (C=O) groups is 3. The average Bonchev–Trinajstić information content (AvgIpc) is 3.21. The maximum absolute atomic E-state index is 13.1. The highest BCUT2D eigenvalue weighted by molar-refractivity contribution is 6.04. The number of ether oxygens (including phenoxy) is 2. The highest BCUT2D eigenvalue weighted by Crippen LogP contribution is 2.77. The van der Waals surface area contributed by atoms with Crippen LogP contribution in [0.1, 0.15) is 61.3 Å². The SMILES string of the molecule is CC[C@H](C)C(=O)O[C@]12[C@H]([C@@H]3C=C(CO)C[C@@]4(O)C(=O)C(C)=C[C@@H]4[C@]3(O)[C@H](C)[C@@H]1OC(C)=O)C2(C)C. The van der Waals surface area contributed by atoms with Gasteiger partial charge in [0.2, 0.25) is 0 Å². The van der Waals surface area contributed by atoms with Crippen molar-refractivity contribution in [2.24, 2.45) is 35.0 Å². The van der Waals surface area contributed by atoms with Gasteiger partial charge in [-0.15, -0.1) is 0 Å². The molecular formula is C27H38O8. The van der Waals surface area contributed by atoms with Crippen LogP contribution in [0, 0.1) is 35.0 Å². The number of esters is 2. The van der Waals surface area contributed by atoms with Crippen LogP contribution in [0.5, 0.6) is 0 Å². The Morgan fingerprint density at radius 3 is 2.40 bits per heavy atom. The van der Waals surface area contributed by atoms with Crippen molar-refractivity contribution in [2.75, 3.05) is 6.61 Å². The molecule has 9 atom stereocenters. The third-order valence-corrected chi connectivity index (χ3v) is 9.54. The fraction of sp³-hybridized carbons (Fsp3) is 0.741. The average molecular weight is 491 g/mol. The molecule has 0 heterocycles. The number of hydrogen-bond acceptors (Lipinski definition) is 8. The number of aliphatic hydroxyl groups is 3. The molecule has 0 unspecified atom stereocenters.